The van der Waals surface area contributed by atoms with Crippen LogP contribution in [0.4, 0.5) is 0 Å². The van der Waals surface area contributed by atoms with Gasteiger partial charge in [0, 0.05) is 0 Å². The maximum absolute atomic E-state index is 2.49. The second-order valence-electron chi connectivity index (χ2n) is 14.3. The van der Waals surface area contributed by atoms with Crippen LogP contribution in [0.1, 0.15) is 33.4 Å². The molecular weight excluding hydrogens is 613 g/mol. The summed E-state index contributed by atoms with van der Waals surface area (Å²) in [5.41, 5.74) is 22.6. The van der Waals surface area contributed by atoms with Crippen molar-refractivity contribution < 1.29 is 0 Å². The van der Waals surface area contributed by atoms with Crippen LogP contribution < -0.4 is 0 Å². The van der Waals surface area contributed by atoms with E-state index in [1.54, 1.807) is 0 Å². The summed E-state index contributed by atoms with van der Waals surface area (Å²) in [4.78, 5) is 0. The van der Waals surface area contributed by atoms with Crippen molar-refractivity contribution in [1.29, 1.82) is 0 Å². The van der Waals surface area contributed by atoms with Gasteiger partial charge >= 0.3 is 0 Å². The fourth-order valence-electron chi connectivity index (χ4n) is 8.70. The number of fused-ring (bicyclic) bond motifs is 10. The van der Waals surface area contributed by atoms with Gasteiger partial charge in [0.05, 0.1) is 5.41 Å². The van der Waals surface area contributed by atoms with Gasteiger partial charge in [0.2, 0.25) is 0 Å². The molecule has 0 bridgehead atoms. The summed E-state index contributed by atoms with van der Waals surface area (Å²) >= 11 is 0. The van der Waals surface area contributed by atoms with E-state index in [-0.39, 0.29) is 0 Å². The zero-order valence-corrected chi connectivity index (χ0v) is 28.8. The molecule has 2 aliphatic rings. The predicted molar refractivity (Wildman–Crippen MR) is 214 cm³/mol. The van der Waals surface area contributed by atoms with Crippen LogP contribution in [-0.4, -0.2) is 0 Å². The third-order valence-electron chi connectivity index (χ3n) is 11.3. The molecule has 1 spiro atoms. The lowest BCUT2D eigenvalue weighted by Crippen LogP contribution is -2.26. The Balaban J connectivity index is 1.32. The van der Waals surface area contributed by atoms with Crippen LogP contribution in [0.3, 0.4) is 0 Å². The molecule has 0 fully saturated rings. The molecule has 0 amide bonds. The summed E-state index contributed by atoms with van der Waals surface area (Å²) in [6.45, 7) is 4.32. The Morgan fingerprint density at radius 3 is 0.804 bits per heavy atom. The highest BCUT2D eigenvalue weighted by Crippen LogP contribution is 2.64. The molecule has 0 nitrogen and oxygen atoms in total. The van der Waals surface area contributed by atoms with E-state index in [9.17, 15) is 0 Å². The Kier molecular flexibility index (Phi) is 6.63. The van der Waals surface area contributed by atoms with Crippen LogP contribution in [0.25, 0.3) is 66.8 Å². The molecule has 0 saturated carbocycles. The van der Waals surface area contributed by atoms with Crippen molar-refractivity contribution in [2.45, 2.75) is 19.3 Å². The highest BCUT2D eigenvalue weighted by atomic mass is 14.5. The molecule has 0 aliphatic heterocycles. The standard InChI is InChI=1S/C51H36/c1-33-13-17-37(18-14-33)41-23-27-45-46-28-24-42(38-19-15-34(2)16-20-38)32-50(46)51(49(45)31-41)47-29-39(35-9-5-3-6-10-35)21-25-43(47)44-26-22-40(30-48(44)51)36-11-7-4-8-12-36/h3-32H,1-2H3. The molecule has 0 atom stereocenters. The van der Waals surface area contributed by atoms with Gasteiger partial charge in [0.25, 0.3) is 0 Å². The lowest BCUT2D eigenvalue weighted by atomic mass is 9.69. The van der Waals surface area contributed by atoms with Gasteiger partial charge < -0.3 is 0 Å². The van der Waals surface area contributed by atoms with Crippen LogP contribution in [0, 0.1) is 13.8 Å². The lowest BCUT2D eigenvalue weighted by Gasteiger charge is -2.32. The van der Waals surface area contributed by atoms with Gasteiger partial charge in [-0.1, -0.05) is 169 Å². The molecule has 0 radical (unpaired) electrons. The molecule has 8 aromatic rings. The van der Waals surface area contributed by atoms with Crippen molar-refractivity contribution in [1.82, 2.24) is 0 Å². The van der Waals surface area contributed by atoms with E-state index < -0.39 is 5.41 Å². The van der Waals surface area contributed by atoms with E-state index >= 15 is 0 Å². The number of rotatable bonds is 4. The van der Waals surface area contributed by atoms with E-state index in [1.807, 2.05) is 0 Å². The topological polar surface area (TPSA) is 0 Å². The van der Waals surface area contributed by atoms with Gasteiger partial charge in [0.15, 0.2) is 0 Å². The zero-order valence-electron chi connectivity index (χ0n) is 28.8. The van der Waals surface area contributed by atoms with Crippen molar-refractivity contribution in [3.63, 3.8) is 0 Å². The van der Waals surface area contributed by atoms with Crippen molar-refractivity contribution >= 4 is 0 Å². The maximum atomic E-state index is 2.49. The summed E-state index contributed by atoms with van der Waals surface area (Å²) in [6, 6.07) is 68.3. The number of hydrogen-bond acceptors (Lipinski definition) is 0. The molecule has 240 valence electrons. The van der Waals surface area contributed by atoms with Gasteiger partial charge in [0.1, 0.15) is 0 Å². The summed E-state index contributed by atoms with van der Waals surface area (Å²) in [6.07, 6.45) is 0. The first-order chi connectivity index (χ1) is 25.1. The first-order valence-corrected chi connectivity index (χ1v) is 17.9. The molecular formula is C51H36. The van der Waals surface area contributed by atoms with E-state index in [4.69, 9.17) is 0 Å². The minimum atomic E-state index is -0.508. The molecule has 10 rings (SSSR count). The average molecular weight is 649 g/mol. The molecule has 51 heavy (non-hydrogen) atoms. The fraction of sp³-hybridized carbons (Fsp3) is 0.0588. The Morgan fingerprint density at radius 2 is 0.510 bits per heavy atom. The van der Waals surface area contributed by atoms with E-state index in [0.717, 1.165) is 0 Å². The molecule has 0 heterocycles. The quantitative estimate of drug-likeness (QED) is 0.178. The SMILES string of the molecule is Cc1ccc(-c2ccc3c(c2)C2(c4cc(-c5ccccc5)ccc4-c4ccc(-c5ccccc5)cc42)c2cc(-c4ccc(C)cc4)ccc2-3)cc1. The van der Waals surface area contributed by atoms with Crippen molar-refractivity contribution in [2.75, 3.05) is 0 Å². The minimum absolute atomic E-state index is 0.508. The zero-order chi connectivity index (χ0) is 34.1. The van der Waals surface area contributed by atoms with Gasteiger partial charge in [-0.2, -0.15) is 0 Å². The Labute approximate surface area is 300 Å². The molecule has 0 saturated heterocycles. The number of hydrogen-bond donors (Lipinski definition) is 0. The second-order valence-corrected chi connectivity index (χ2v) is 14.3. The highest BCUT2D eigenvalue weighted by molar-refractivity contribution is 5.98. The van der Waals surface area contributed by atoms with Crippen molar-refractivity contribution in [3.8, 4) is 66.8 Å². The largest absolute Gasteiger partial charge is 0.0726 e. The van der Waals surface area contributed by atoms with Crippen LogP contribution >= 0.6 is 0 Å². The van der Waals surface area contributed by atoms with Crippen LogP contribution in [0.15, 0.2) is 182 Å². The van der Waals surface area contributed by atoms with Crippen LogP contribution in [0.5, 0.6) is 0 Å². The molecule has 0 N–H and O–H groups in total. The van der Waals surface area contributed by atoms with Gasteiger partial charge in [-0.15, -0.1) is 0 Å². The van der Waals surface area contributed by atoms with Gasteiger partial charge in [-0.3, -0.25) is 0 Å². The first-order valence-electron chi connectivity index (χ1n) is 17.9. The van der Waals surface area contributed by atoms with E-state index in [0.29, 0.717) is 0 Å². The van der Waals surface area contributed by atoms with Crippen LogP contribution in [-0.2, 0) is 5.41 Å². The molecule has 2 aliphatic carbocycles. The maximum Gasteiger partial charge on any atom is 0.0726 e. The van der Waals surface area contributed by atoms with Crippen LogP contribution in [0.2, 0.25) is 0 Å². The normalized spacial score (nSPS) is 13.1. The van der Waals surface area contributed by atoms with Gasteiger partial charge in [-0.25, -0.2) is 0 Å². The molecule has 0 unspecified atom stereocenters. The first kappa shape index (κ1) is 29.7. The molecule has 8 aromatic carbocycles. The summed E-state index contributed by atoms with van der Waals surface area (Å²) in [7, 11) is 0. The second kappa shape index (κ2) is 11.4. The highest BCUT2D eigenvalue weighted by Gasteiger charge is 2.52. The smallest absolute Gasteiger partial charge is 0.0622 e. The van der Waals surface area contributed by atoms with E-state index in [1.165, 1.54) is 100 Å². The fourth-order valence-corrected chi connectivity index (χ4v) is 8.70. The molecule has 0 heteroatoms. The minimum Gasteiger partial charge on any atom is -0.0622 e. The average Bonchev–Trinajstić information content (AvgIpc) is 3.65. The number of aryl methyl sites for hydroxylation is 2. The number of benzene rings is 8. The third kappa shape index (κ3) is 4.53. The summed E-state index contributed by atoms with van der Waals surface area (Å²) in [5.74, 6) is 0. The predicted octanol–water partition coefficient (Wildman–Crippen LogP) is 13.3. The summed E-state index contributed by atoms with van der Waals surface area (Å²) in [5, 5.41) is 0. The Bertz CT molecular complexity index is 2420. The third-order valence-corrected chi connectivity index (χ3v) is 11.3. The van der Waals surface area contributed by atoms with Crippen molar-refractivity contribution in [3.05, 3.63) is 215 Å². The Morgan fingerprint density at radius 1 is 0.255 bits per heavy atom. The van der Waals surface area contributed by atoms with Gasteiger partial charge in [-0.05, 0) is 127 Å². The monoisotopic (exact) mass is 648 g/mol. The molecule has 0 aromatic heterocycles. The Hall–Kier alpha value is -6.24. The van der Waals surface area contributed by atoms with E-state index in [2.05, 4.69) is 196 Å². The summed E-state index contributed by atoms with van der Waals surface area (Å²) < 4.78 is 0. The van der Waals surface area contributed by atoms with Crippen molar-refractivity contribution in [2.24, 2.45) is 0 Å². The lowest BCUT2D eigenvalue weighted by molar-refractivity contribution is 0.795.